The third kappa shape index (κ3) is 2.87. The molecule has 0 aromatic carbocycles. The average Bonchev–Trinajstić information content (AvgIpc) is 2.97. The molecule has 0 radical (unpaired) electrons. The highest BCUT2D eigenvalue weighted by molar-refractivity contribution is 9.10. The van der Waals surface area contributed by atoms with E-state index in [1.165, 1.54) is 0 Å². The maximum absolute atomic E-state index is 12.7. The first-order valence-corrected chi connectivity index (χ1v) is 9.45. The molecule has 0 aliphatic heterocycles. The molecule has 1 amide bonds. The fraction of sp³-hybridized carbons (Fsp3) is 0.579. The number of carbonyl (C=O) groups is 1. The molecule has 0 unspecified atom stereocenters. The lowest BCUT2D eigenvalue weighted by atomic mass is 9.58. The Bertz CT molecular complexity index is 767. The second-order valence-electron chi connectivity index (χ2n) is 7.92. The van der Waals surface area contributed by atoms with Crippen molar-refractivity contribution < 1.29 is 4.79 Å². The fourth-order valence-corrected chi connectivity index (χ4v) is 4.35. The number of nitrogens with one attached hydrogen (secondary N) is 2. The number of fused-ring (bicyclic) bond motifs is 1. The number of halogens is 1. The number of nitrogens with zero attached hydrogens (tertiary/aromatic N) is 1. The van der Waals surface area contributed by atoms with Crippen LogP contribution in [0.25, 0.3) is 11.0 Å². The highest BCUT2D eigenvalue weighted by atomic mass is 79.9. The molecule has 24 heavy (non-hydrogen) atoms. The molecule has 0 bridgehead atoms. The molecule has 1 fully saturated rings. The summed E-state index contributed by atoms with van der Waals surface area (Å²) in [5, 5.41) is 4.18. The average molecular weight is 392 g/mol. The maximum Gasteiger partial charge on any atom is 0.268 e. The maximum atomic E-state index is 12.7. The Morgan fingerprint density at radius 3 is 2.75 bits per heavy atom. The normalized spacial score (nSPS) is 29.6. The zero-order valence-electron chi connectivity index (χ0n) is 15.0. The zero-order valence-corrected chi connectivity index (χ0v) is 16.6. The molecule has 130 valence electrons. The van der Waals surface area contributed by atoms with Crippen LogP contribution in [0.1, 0.15) is 51.5 Å². The predicted octanol–water partition coefficient (Wildman–Crippen LogP) is 4.76. The summed E-state index contributed by atoms with van der Waals surface area (Å²) in [6.07, 6.45) is 2.74. The van der Waals surface area contributed by atoms with Gasteiger partial charge < -0.3 is 10.3 Å². The summed E-state index contributed by atoms with van der Waals surface area (Å²) in [5.41, 5.74) is 1.60. The Balaban J connectivity index is 1.80. The smallest absolute Gasteiger partial charge is 0.268 e. The number of H-pyrrole nitrogens is 1. The first kappa shape index (κ1) is 17.5. The lowest BCUT2D eigenvalue weighted by molar-refractivity contribution is 0.0155. The number of aromatic nitrogens is 2. The number of aromatic amines is 1. The van der Waals surface area contributed by atoms with Gasteiger partial charge in [-0.2, -0.15) is 0 Å². The third-order valence-electron chi connectivity index (χ3n) is 6.51. The topological polar surface area (TPSA) is 57.8 Å². The Kier molecular flexibility index (Phi) is 4.49. The molecule has 3 rings (SSSR count). The molecule has 4 atom stereocenters. The van der Waals surface area contributed by atoms with Gasteiger partial charge in [0.05, 0.1) is 0 Å². The fourth-order valence-electron chi connectivity index (χ4n) is 3.93. The number of hydrogen-bond donors (Lipinski definition) is 2. The standard InChI is InChI=1S/C19H26BrN3O/c1-10-8-15(11(2)12(3)19(10,4)5)23-18(24)16-9-13-14(20)6-7-21-17(13)22-16/h6-7,9-12,15H,8H2,1-5H3,(H,21,22)(H,23,24)/t10-,11+,12+,15+/m1/s1. The second-order valence-corrected chi connectivity index (χ2v) is 8.78. The van der Waals surface area contributed by atoms with Crippen molar-refractivity contribution >= 4 is 32.9 Å². The van der Waals surface area contributed by atoms with Gasteiger partial charge >= 0.3 is 0 Å². The van der Waals surface area contributed by atoms with Crippen LogP contribution < -0.4 is 5.32 Å². The lowest BCUT2D eigenvalue weighted by Gasteiger charge is -2.49. The van der Waals surface area contributed by atoms with E-state index in [0.717, 1.165) is 21.9 Å². The SMILES string of the molecule is C[C@@H]1[C@@H](NC(=O)c2cc3c(Br)ccnc3[nH]2)C[C@@H](C)C(C)(C)[C@H]1C. The minimum atomic E-state index is -0.0455. The first-order valence-electron chi connectivity index (χ1n) is 8.66. The summed E-state index contributed by atoms with van der Waals surface area (Å²) < 4.78 is 0.942. The minimum absolute atomic E-state index is 0.0455. The predicted molar refractivity (Wildman–Crippen MR) is 101 cm³/mol. The van der Waals surface area contributed by atoms with Gasteiger partial charge in [-0.1, -0.05) is 34.6 Å². The van der Waals surface area contributed by atoms with Crippen molar-refractivity contribution in [3.63, 3.8) is 0 Å². The molecule has 0 spiro atoms. The minimum Gasteiger partial charge on any atom is -0.348 e. The lowest BCUT2D eigenvalue weighted by Crippen LogP contribution is -2.52. The van der Waals surface area contributed by atoms with E-state index in [1.54, 1.807) is 6.20 Å². The van der Waals surface area contributed by atoms with Gasteiger partial charge in [-0.25, -0.2) is 4.98 Å². The van der Waals surface area contributed by atoms with Crippen molar-refractivity contribution in [2.75, 3.05) is 0 Å². The molecule has 4 nitrogen and oxygen atoms in total. The number of hydrogen-bond acceptors (Lipinski definition) is 2. The van der Waals surface area contributed by atoms with E-state index in [-0.39, 0.29) is 11.9 Å². The van der Waals surface area contributed by atoms with Gasteiger partial charge in [0.2, 0.25) is 0 Å². The zero-order chi connectivity index (χ0) is 17.6. The van der Waals surface area contributed by atoms with Crippen LogP contribution in [-0.2, 0) is 0 Å². The van der Waals surface area contributed by atoms with Crippen molar-refractivity contribution in [2.45, 2.75) is 47.1 Å². The van der Waals surface area contributed by atoms with Crippen LogP contribution in [0.4, 0.5) is 0 Å². The molecule has 1 aliphatic rings. The molecule has 0 saturated heterocycles. The van der Waals surface area contributed by atoms with Crippen molar-refractivity contribution in [3.8, 4) is 0 Å². The number of carbonyl (C=O) groups excluding carboxylic acids is 1. The van der Waals surface area contributed by atoms with Crippen LogP contribution in [0, 0.1) is 23.2 Å². The molecular formula is C19H26BrN3O. The van der Waals surface area contributed by atoms with Gasteiger partial charge in [0.1, 0.15) is 11.3 Å². The molecule has 5 heteroatoms. The molecule has 1 saturated carbocycles. The summed E-state index contributed by atoms with van der Waals surface area (Å²) in [5.74, 6) is 1.54. The third-order valence-corrected chi connectivity index (χ3v) is 7.21. The van der Waals surface area contributed by atoms with Crippen molar-refractivity contribution in [3.05, 3.63) is 28.5 Å². The Morgan fingerprint density at radius 1 is 1.38 bits per heavy atom. The van der Waals surface area contributed by atoms with Crippen molar-refractivity contribution in [1.82, 2.24) is 15.3 Å². The van der Waals surface area contributed by atoms with E-state index in [0.29, 0.717) is 28.9 Å². The van der Waals surface area contributed by atoms with E-state index in [1.807, 2.05) is 12.1 Å². The summed E-state index contributed by atoms with van der Waals surface area (Å²) in [7, 11) is 0. The van der Waals surface area contributed by atoms with E-state index in [9.17, 15) is 4.79 Å². The van der Waals surface area contributed by atoms with Gasteiger partial charge in [0.25, 0.3) is 5.91 Å². The van der Waals surface area contributed by atoms with Crippen LogP contribution in [-0.4, -0.2) is 21.9 Å². The number of pyridine rings is 1. The highest BCUT2D eigenvalue weighted by Gasteiger charge is 2.44. The van der Waals surface area contributed by atoms with Crippen LogP contribution in [0.15, 0.2) is 22.8 Å². The molecular weight excluding hydrogens is 366 g/mol. The van der Waals surface area contributed by atoms with Crippen LogP contribution in [0.3, 0.4) is 0 Å². The molecule has 2 N–H and O–H groups in total. The molecule has 2 aromatic heterocycles. The highest BCUT2D eigenvalue weighted by Crippen LogP contribution is 2.47. The van der Waals surface area contributed by atoms with Crippen molar-refractivity contribution in [2.24, 2.45) is 23.2 Å². The molecule has 2 heterocycles. The van der Waals surface area contributed by atoms with E-state index in [2.05, 4.69) is 65.8 Å². The van der Waals surface area contributed by atoms with Crippen LogP contribution >= 0.6 is 15.9 Å². The summed E-state index contributed by atoms with van der Waals surface area (Å²) in [6, 6.07) is 3.96. The summed E-state index contributed by atoms with van der Waals surface area (Å²) >= 11 is 3.50. The molecule has 1 aliphatic carbocycles. The number of rotatable bonds is 2. The van der Waals surface area contributed by atoms with Gasteiger partial charge in [0, 0.05) is 22.1 Å². The van der Waals surface area contributed by atoms with Crippen molar-refractivity contribution in [1.29, 1.82) is 0 Å². The van der Waals surface area contributed by atoms with E-state index < -0.39 is 0 Å². The Labute approximate surface area is 151 Å². The van der Waals surface area contributed by atoms with Gasteiger partial charge in [-0.15, -0.1) is 0 Å². The Morgan fingerprint density at radius 2 is 2.08 bits per heavy atom. The van der Waals surface area contributed by atoms with Gasteiger partial charge in [-0.3, -0.25) is 4.79 Å². The van der Waals surface area contributed by atoms with Gasteiger partial charge in [-0.05, 0) is 57.7 Å². The Hall–Kier alpha value is -1.36. The van der Waals surface area contributed by atoms with Crippen LogP contribution in [0.2, 0.25) is 0 Å². The quantitative estimate of drug-likeness (QED) is 0.774. The van der Waals surface area contributed by atoms with E-state index >= 15 is 0 Å². The number of amides is 1. The first-order chi connectivity index (χ1) is 11.2. The monoisotopic (exact) mass is 391 g/mol. The second kappa shape index (κ2) is 6.17. The van der Waals surface area contributed by atoms with Gasteiger partial charge in [0.15, 0.2) is 0 Å². The van der Waals surface area contributed by atoms with E-state index in [4.69, 9.17) is 0 Å². The summed E-state index contributed by atoms with van der Waals surface area (Å²) in [6.45, 7) is 11.6. The summed E-state index contributed by atoms with van der Waals surface area (Å²) in [4.78, 5) is 20.1. The van der Waals surface area contributed by atoms with Crippen LogP contribution in [0.5, 0.6) is 0 Å². The largest absolute Gasteiger partial charge is 0.348 e. The molecule has 2 aromatic rings.